The van der Waals surface area contributed by atoms with Crippen molar-refractivity contribution >= 4 is 0 Å². The number of nitrogens with one attached hydrogen (secondary N) is 1. The minimum atomic E-state index is -0.286. The highest BCUT2D eigenvalue weighted by molar-refractivity contribution is 5.00. The number of unbranched alkanes of at least 4 members (excludes halogenated alkanes) is 15. The SMILES string of the molecule is CCCCCCCCCCCCCCCCCCn1c(=O)[nH]cc(C)c1=O. The molecule has 0 saturated carbocycles. The maximum Gasteiger partial charge on any atom is 0.328 e. The highest BCUT2D eigenvalue weighted by Crippen LogP contribution is 2.13. The summed E-state index contributed by atoms with van der Waals surface area (Å²) in [4.78, 5) is 26.2. The van der Waals surface area contributed by atoms with E-state index >= 15 is 0 Å². The van der Waals surface area contributed by atoms with Crippen molar-refractivity contribution in [1.29, 1.82) is 0 Å². The van der Waals surface area contributed by atoms with Crippen molar-refractivity contribution in [2.24, 2.45) is 0 Å². The normalized spacial score (nSPS) is 11.2. The Hall–Kier alpha value is -1.32. The molecular weight excluding hydrogens is 336 g/mol. The van der Waals surface area contributed by atoms with Crippen molar-refractivity contribution in [3.05, 3.63) is 32.6 Å². The summed E-state index contributed by atoms with van der Waals surface area (Å²) in [5, 5.41) is 0. The van der Waals surface area contributed by atoms with Gasteiger partial charge in [0.15, 0.2) is 0 Å². The highest BCUT2D eigenvalue weighted by Gasteiger charge is 2.03. The first kappa shape index (κ1) is 23.7. The molecule has 0 unspecified atom stereocenters. The van der Waals surface area contributed by atoms with Crippen LogP contribution in [0.3, 0.4) is 0 Å². The molecule has 1 heterocycles. The van der Waals surface area contributed by atoms with Gasteiger partial charge < -0.3 is 4.98 Å². The fourth-order valence-electron chi connectivity index (χ4n) is 3.64. The van der Waals surface area contributed by atoms with Crippen LogP contribution >= 0.6 is 0 Å². The number of aromatic nitrogens is 2. The largest absolute Gasteiger partial charge is 0.328 e. The van der Waals surface area contributed by atoms with E-state index in [0.29, 0.717) is 12.1 Å². The van der Waals surface area contributed by atoms with Crippen LogP contribution < -0.4 is 11.2 Å². The third-order valence-electron chi connectivity index (χ3n) is 5.48. The fraction of sp³-hybridized carbons (Fsp3) is 0.826. The molecule has 0 spiro atoms. The highest BCUT2D eigenvalue weighted by atomic mass is 16.2. The number of aryl methyl sites for hydroxylation is 1. The minimum absolute atomic E-state index is 0.153. The molecule has 0 saturated heterocycles. The van der Waals surface area contributed by atoms with Gasteiger partial charge in [-0.2, -0.15) is 0 Å². The molecule has 0 bridgehead atoms. The van der Waals surface area contributed by atoms with Gasteiger partial charge in [-0.3, -0.25) is 9.36 Å². The summed E-state index contributed by atoms with van der Waals surface area (Å²) in [6.45, 7) is 4.55. The Balaban J connectivity index is 1.88. The molecule has 156 valence electrons. The summed E-state index contributed by atoms with van der Waals surface area (Å²) in [5.74, 6) is 0. The lowest BCUT2D eigenvalue weighted by atomic mass is 10.0. The predicted octanol–water partition coefficient (Wildman–Crippen LogP) is 6.11. The monoisotopic (exact) mass is 378 g/mol. The van der Waals surface area contributed by atoms with E-state index in [9.17, 15) is 9.59 Å². The zero-order chi connectivity index (χ0) is 19.7. The van der Waals surface area contributed by atoms with Gasteiger partial charge in [-0.1, -0.05) is 103 Å². The Morgan fingerprint density at radius 3 is 1.56 bits per heavy atom. The number of rotatable bonds is 17. The van der Waals surface area contributed by atoms with Crippen LogP contribution in [0.1, 0.15) is 115 Å². The van der Waals surface area contributed by atoms with Crippen LogP contribution in [-0.2, 0) is 6.54 Å². The second kappa shape index (κ2) is 15.7. The van der Waals surface area contributed by atoms with Gasteiger partial charge in [0, 0.05) is 18.3 Å². The Bertz CT molecular complexity index is 589. The molecule has 0 amide bonds. The number of nitrogens with zero attached hydrogens (tertiary/aromatic N) is 1. The van der Waals surface area contributed by atoms with Crippen molar-refractivity contribution in [3.63, 3.8) is 0 Å². The van der Waals surface area contributed by atoms with Crippen molar-refractivity contribution in [2.75, 3.05) is 0 Å². The molecule has 0 atom stereocenters. The van der Waals surface area contributed by atoms with Gasteiger partial charge >= 0.3 is 5.69 Å². The summed E-state index contributed by atoms with van der Waals surface area (Å²) in [6.07, 6.45) is 22.7. The van der Waals surface area contributed by atoms with E-state index in [1.165, 1.54) is 101 Å². The third kappa shape index (κ3) is 11.2. The summed E-state index contributed by atoms with van der Waals surface area (Å²) in [6, 6.07) is 0. The first-order valence-electron chi connectivity index (χ1n) is 11.5. The Morgan fingerprint density at radius 1 is 0.704 bits per heavy atom. The van der Waals surface area contributed by atoms with Crippen LogP contribution in [0.5, 0.6) is 0 Å². The van der Waals surface area contributed by atoms with Gasteiger partial charge in [-0.05, 0) is 13.3 Å². The number of hydrogen-bond donors (Lipinski definition) is 1. The first-order valence-corrected chi connectivity index (χ1v) is 11.5. The quantitative estimate of drug-likeness (QED) is 0.333. The van der Waals surface area contributed by atoms with Gasteiger partial charge in [-0.25, -0.2) is 4.79 Å². The molecule has 0 aliphatic carbocycles. The molecule has 4 nitrogen and oxygen atoms in total. The molecule has 0 fully saturated rings. The van der Waals surface area contributed by atoms with Crippen LogP contribution in [-0.4, -0.2) is 9.55 Å². The van der Waals surface area contributed by atoms with E-state index in [4.69, 9.17) is 0 Å². The molecule has 0 radical (unpaired) electrons. The molecular formula is C23H42N2O2. The first-order chi connectivity index (χ1) is 13.2. The molecule has 0 aliphatic heterocycles. The smallest absolute Gasteiger partial charge is 0.314 e. The van der Waals surface area contributed by atoms with E-state index in [-0.39, 0.29) is 11.2 Å². The Kier molecular flexibility index (Phi) is 13.8. The van der Waals surface area contributed by atoms with Crippen LogP contribution in [0.15, 0.2) is 15.8 Å². The minimum Gasteiger partial charge on any atom is -0.314 e. The zero-order valence-corrected chi connectivity index (χ0v) is 17.9. The van der Waals surface area contributed by atoms with Crippen LogP contribution in [0, 0.1) is 6.92 Å². The molecule has 4 heteroatoms. The summed E-state index contributed by atoms with van der Waals surface area (Å²) in [5.41, 5.74) is 0.164. The second-order valence-corrected chi connectivity index (χ2v) is 8.04. The van der Waals surface area contributed by atoms with E-state index in [1.807, 2.05) is 0 Å². The van der Waals surface area contributed by atoms with Gasteiger partial charge in [0.1, 0.15) is 0 Å². The second-order valence-electron chi connectivity index (χ2n) is 8.04. The average Bonchev–Trinajstić information content (AvgIpc) is 2.67. The van der Waals surface area contributed by atoms with Crippen LogP contribution in [0.2, 0.25) is 0 Å². The standard InChI is InChI=1S/C23H42N2O2/c1-3-4-5-6-7-8-9-10-11-12-13-14-15-16-17-18-19-25-22(26)21(2)20-24-23(25)27/h20H,3-19H2,1-2H3,(H,24,27). The average molecular weight is 379 g/mol. The summed E-state index contributed by atoms with van der Waals surface area (Å²) < 4.78 is 1.33. The van der Waals surface area contributed by atoms with Crippen LogP contribution in [0.4, 0.5) is 0 Å². The van der Waals surface area contributed by atoms with E-state index in [0.717, 1.165) is 12.8 Å². The Labute approximate surface area is 165 Å². The van der Waals surface area contributed by atoms with E-state index in [1.54, 1.807) is 6.92 Å². The lowest BCUT2D eigenvalue weighted by Gasteiger charge is -2.05. The fourth-order valence-corrected chi connectivity index (χ4v) is 3.64. The van der Waals surface area contributed by atoms with Crippen molar-refractivity contribution in [2.45, 2.75) is 123 Å². The van der Waals surface area contributed by atoms with Crippen molar-refractivity contribution < 1.29 is 0 Å². The number of H-pyrrole nitrogens is 1. The lowest BCUT2D eigenvalue weighted by Crippen LogP contribution is -2.35. The maximum absolute atomic E-state index is 11.9. The van der Waals surface area contributed by atoms with Gasteiger partial charge in [0.2, 0.25) is 0 Å². The van der Waals surface area contributed by atoms with E-state index < -0.39 is 0 Å². The molecule has 1 N–H and O–H groups in total. The molecule has 0 aromatic carbocycles. The van der Waals surface area contributed by atoms with Crippen LogP contribution in [0.25, 0.3) is 0 Å². The summed E-state index contributed by atoms with van der Waals surface area (Å²) >= 11 is 0. The van der Waals surface area contributed by atoms with E-state index in [2.05, 4.69) is 11.9 Å². The molecule has 27 heavy (non-hydrogen) atoms. The Morgan fingerprint density at radius 2 is 1.11 bits per heavy atom. The molecule has 0 aliphatic rings. The van der Waals surface area contributed by atoms with Gasteiger partial charge in [-0.15, -0.1) is 0 Å². The summed E-state index contributed by atoms with van der Waals surface area (Å²) in [7, 11) is 0. The number of hydrogen-bond acceptors (Lipinski definition) is 2. The van der Waals surface area contributed by atoms with Crippen molar-refractivity contribution in [3.8, 4) is 0 Å². The molecule has 1 rings (SSSR count). The predicted molar refractivity (Wildman–Crippen MR) is 116 cm³/mol. The molecule has 1 aromatic rings. The third-order valence-corrected chi connectivity index (χ3v) is 5.48. The number of aromatic amines is 1. The molecule has 1 aromatic heterocycles. The van der Waals surface area contributed by atoms with Crippen molar-refractivity contribution in [1.82, 2.24) is 9.55 Å². The van der Waals surface area contributed by atoms with Gasteiger partial charge in [0.25, 0.3) is 5.56 Å². The zero-order valence-electron chi connectivity index (χ0n) is 17.9. The lowest BCUT2D eigenvalue weighted by molar-refractivity contribution is 0.512. The topological polar surface area (TPSA) is 54.9 Å². The van der Waals surface area contributed by atoms with Gasteiger partial charge in [0.05, 0.1) is 0 Å². The maximum atomic E-state index is 11.9.